The van der Waals surface area contributed by atoms with Crippen LogP contribution >= 0.6 is 11.8 Å². The predicted octanol–water partition coefficient (Wildman–Crippen LogP) is 3.53. The predicted molar refractivity (Wildman–Crippen MR) is 105 cm³/mol. The number of thioether (sulfide) groups is 1. The van der Waals surface area contributed by atoms with Crippen molar-refractivity contribution in [2.24, 2.45) is 0 Å². The van der Waals surface area contributed by atoms with Crippen LogP contribution in [0.15, 0.2) is 47.6 Å². The van der Waals surface area contributed by atoms with Gasteiger partial charge in [-0.3, -0.25) is 9.89 Å². The van der Waals surface area contributed by atoms with Crippen molar-refractivity contribution in [1.82, 2.24) is 15.2 Å². The van der Waals surface area contributed by atoms with Gasteiger partial charge in [0.2, 0.25) is 11.1 Å². The molecule has 7 nitrogen and oxygen atoms in total. The standard InChI is InChI=1S/C19H20N4O3S/c1-12-6-4-5-7-16(12)20-17(24)11-27-19-21-18(22-23-19)13-8-14(25-2)10-15(9-13)26-3/h4-10H,11H2,1-3H3,(H,20,24)(H,21,22,23). The molecule has 0 aliphatic heterocycles. The van der Waals surface area contributed by atoms with Gasteiger partial charge >= 0.3 is 0 Å². The lowest BCUT2D eigenvalue weighted by atomic mass is 10.2. The van der Waals surface area contributed by atoms with Crippen molar-refractivity contribution in [2.45, 2.75) is 12.1 Å². The van der Waals surface area contributed by atoms with E-state index in [9.17, 15) is 4.79 Å². The highest BCUT2D eigenvalue weighted by atomic mass is 32.2. The minimum absolute atomic E-state index is 0.108. The summed E-state index contributed by atoms with van der Waals surface area (Å²) in [5.41, 5.74) is 2.61. The zero-order valence-corrected chi connectivity index (χ0v) is 16.1. The third kappa shape index (κ3) is 4.79. The Bertz CT molecular complexity index is 920. The van der Waals surface area contributed by atoms with Crippen LogP contribution < -0.4 is 14.8 Å². The summed E-state index contributed by atoms with van der Waals surface area (Å²) in [7, 11) is 3.18. The number of carbonyl (C=O) groups excluding carboxylic acids is 1. The van der Waals surface area contributed by atoms with E-state index in [1.165, 1.54) is 11.8 Å². The average molecular weight is 384 g/mol. The Morgan fingerprint density at radius 3 is 2.52 bits per heavy atom. The van der Waals surface area contributed by atoms with Crippen molar-refractivity contribution in [3.8, 4) is 22.9 Å². The first kappa shape index (κ1) is 18.8. The van der Waals surface area contributed by atoms with Crippen LogP contribution in [0.4, 0.5) is 5.69 Å². The molecule has 1 heterocycles. The number of aromatic nitrogens is 3. The van der Waals surface area contributed by atoms with E-state index in [1.54, 1.807) is 20.3 Å². The van der Waals surface area contributed by atoms with Crippen LogP contribution in [0.5, 0.6) is 11.5 Å². The first-order valence-electron chi connectivity index (χ1n) is 8.23. The fraction of sp³-hybridized carbons (Fsp3) is 0.211. The number of methoxy groups -OCH3 is 2. The molecule has 1 amide bonds. The zero-order valence-electron chi connectivity index (χ0n) is 15.3. The second-order valence-electron chi connectivity index (χ2n) is 5.72. The van der Waals surface area contributed by atoms with E-state index in [4.69, 9.17) is 9.47 Å². The maximum atomic E-state index is 12.2. The van der Waals surface area contributed by atoms with Crippen molar-refractivity contribution in [3.63, 3.8) is 0 Å². The quantitative estimate of drug-likeness (QED) is 0.606. The average Bonchev–Trinajstić information content (AvgIpc) is 3.17. The molecule has 0 fully saturated rings. The third-order valence-electron chi connectivity index (χ3n) is 3.84. The Morgan fingerprint density at radius 1 is 1.15 bits per heavy atom. The van der Waals surface area contributed by atoms with Crippen molar-refractivity contribution in [1.29, 1.82) is 0 Å². The molecule has 0 unspecified atom stereocenters. The Labute approximate surface area is 161 Å². The minimum Gasteiger partial charge on any atom is -0.497 e. The summed E-state index contributed by atoms with van der Waals surface area (Å²) in [4.78, 5) is 16.6. The topological polar surface area (TPSA) is 89.1 Å². The largest absolute Gasteiger partial charge is 0.497 e. The maximum Gasteiger partial charge on any atom is 0.234 e. The van der Waals surface area contributed by atoms with Crippen molar-refractivity contribution in [3.05, 3.63) is 48.0 Å². The summed E-state index contributed by atoms with van der Waals surface area (Å²) in [5, 5.41) is 10.4. The van der Waals surface area contributed by atoms with E-state index < -0.39 is 0 Å². The van der Waals surface area contributed by atoms with Crippen LogP contribution in [-0.4, -0.2) is 41.1 Å². The lowest BCUT2D eigenvalue weighted by molar-refractivity contribution is -0.113. The Hall–Kier alpha value is -3.00. The molecule has 3 aromatic rings. The van der Waals surface area contributed by atoms with Crippen molar-refractivity contribution in [2.75, 3.05) is 25.3 Å². The van der Waals surface area contributed by atoms with Gasteiger partial charge in [-0.1, -0.05) is 30.0 Å². The second kappa shape index (κ2) is 8.59. The number of ether oxygens (including phenoxy) is 2. The van der Waals surface area contributed by atoms with Gasteiger partial charge < -0.3 is 14.8 Å². The van der Waals surface area contributed by atoms with E-state index in [2.05, 4.69) is 20.5 Å². The van der Waals surface area contributed by atoms with E-state index in [1.807, 2.05) is 43.3 Å². The van der Waals surface area contributed by atoms with Gasteiger partial charge in [-0.2, -0.15) is 0 Å². The molecule has 0 saturated heterocycles. The molecule has 0 radical (unpaired) electrons. The van der Waals surface area contributed by atoms with Gasteiger partial charge in [0.15, 0.2) is 5.82 Å². The van der Waals surface area contributed by atoms with Crippen LogP contribution in [0.3, 0.4) is 0 Å². The first-order chi connectivity index (χ1) is 13.1. The fourth-order valence-corrected chi connectivity index (χ4v) is 3.01. The summed E-state index contributed by atoms with van der Waals surface area (Å²) in [5.74, 6) is 2.00. The number of aromatic amines is 1. The van der Waals surface area contributed by atoms with E-state index in [0.29, 0.717) is 22.5 Å². The summed E-state index contributed by atoms with van der Waals surface area (Å²) in [6.07, 6.45) is 0. The second-order valence-corrected chi connectivity index (χ2v) is 6.66. The van der Waals surface area contributed by atoms with Crippen LogP contribution in [-0.2, 0) is 4.79 Å². The normalized spacial score (nSPS) is 10.5. The number of carbonyl (C=O) groups is 1. The van der Waals surface area contributed by atoms with Gasteiger partial charge in [0.1, 0.15) is 11.5 Å². The van der Waals surface area contributed by atoms with Gasteiger partial charge in [0, 0.05) is 17.3 Å². The lowest BCUT2D eigenvalue weighted by Crippen LogP contribution is -2.14. The lowest BCUT2D eigenvalue weighted by Gasteiger charge is -2.07. The minimum atomic E-state index is -0.108. The van der Waals surface area contributed by atoms with E-state index in [-0.39, 0.29) is 11.7 Å². The highest BCUT2D eigenvalue weighted by Crippen LogP contribution is 2.28. The summed E-state index contributed by atoms with van der Waals surface area (Å²) < 4.78 is 10.5. The Balaban J connectivity index is 1.64. The van der Waals surface area contributed by atoms with Crippen LogP contribution in [0.1, 0.15) is 5.56 Å². The molecular formula is C19H20N4O3S. The molecular weight excluding hydrogens is 364 g/mol. The number of H-pyrrole nitrogens is 1. The number of anilines is 1. The van der Waals surface area contributed by atoms with Gasteiger partial charge in [-0.25, -0.2) is 4.98 Å². The molecule has 140 valence electrons. The van der Waals surface area contributed by atoms with E-state index in [0.717, 1.165) is 16.8 Å². The third-order valence-corrected chi connectivity index (χ3v) is 4.69. The van der Waals surface area contributed by atoms with E-state index >= 15 is 0 Å². The number of nitrogens with zero attached hydrogens (tertiary/aromatic N) is 2. The molecule has 0 bridgehead atoms. The number of nitrogens with one attached hydrogen (secondary N) is 2. The first-order valence-corrected chi connectivity index (χ1v) is 9.21. The molecule has 2 aromatic carbocycles. The van der Waals surface area contributed by atoms with Crippen molar-refractivity contribution >= 4 is 23.4 Å². The number of hydrogen-bond donors (Lipinski definition) is 2. The van der Waals surface area contributed by atoms with Crippen molar-refractivity contribution < 1.29 is 14.3 Å². The number of hydrogen-bond acceptors (Lipinski definition) is 6. The SMILES string of the molecule is COc1cc(OC)cc(-c2nc(SCC(=O)Nc3ccccc3C)n[nH]2)c1. The summed E-state index contributed by atoms with van der Waals surface area (Å²) >= 11 is 1.26. The van der Waals surface area contributed by atoms with Gasteiger partial charge in [-0.05, 0) is 30.7 Å². The molecule has 0 aliphatic rings. The fourth-order valence-electron chi connectivity index (χ4n) is 2.41. The van der Waals surface area contributed by atoms with Crippen LogP contribution in [0.25, 0.3) is 11.4 Å². The number of amides is 1. The molecule has 2 N–H and O–H groups in total. The zero-order chi connectivity index (χ0) is 19.2. The maximum absolute atomic E-state index is 12.2. The van der Waals surface area contributed by atoms with Gasteiger partial charge in [0.05, 0.1) is 20.0 Å². The molecule has 27 heavy (non-hydrogen) atoms. The Kier molecular flexibility index (Phi) is 5.97. The molecule has 0 aliphatic carbocycles. The molecule has 0 atom stereocenters. The number of benzene rings is 2. The smallest absolute Gasteiger partial charge is 0.234 e. The molecule has 8 heteroatoms. The Morgan fingerprint density at radius 2 is 1.85 bits per heavy atom. The molecule has 1 aromatic heterocycles. The van der Waals surface area contributed by atoms with Crippen LogP contribution in [0.2, 0.25) is 0 Å². The monoisotopic (exact) mass is 384 g/mol. The highest BCUT2D eigenvalue weighted by Gasteiger charge is 2.12. The number of rotatable bonds is 7. The molecule has 0 saturated carbocycles. The summed E-state index contributed by atoms with van der Waals surface area (Å²) in [6, 6.07) is 13.1. The van der Waals surface area contributed by atoms with Gasteiger partial charge in [0.25, 0.3) is 0 Å². The molecule has 3 rings (SSSR count). The highest BCUT2D eigenvalue weighted by molar-refractivity contribution is 7.99. The van der Waals surface area contributed by atoms with Crippen LogP contribution in [0, 0.1) is 6.92 Å². The number of aryl methyl sites for hydroxylation is 1. The number of para-hydroxylation sites is 1. The van der Waals surface area contributed by atoms with Gasteiger partial charge in [-0.15, -0.1) is 5.10 Å². The summed E-state index contributed by atoms with van der Waals surface area (Å²) in [6.45, 7) is 1.95. The molecule has 0 spiro atoms.